The first-order valence-corrected chi connectivity index (χ1v) is 9.91. The first kappa shape index (κ1) is 17.9. The third kappa shape index (κ3) is 4.45. The topological polar surface area (TPSA) is 52.6 Å². The quantitative estimate of drug-likeness (QED) is 0.833. The van der Waals surface area contributed by atoms with Gasteiger partial charge in [0.1, 0.15) is 5.82 Å². The van der Waals surface area contributed by atoms with E-state index in [2.05, 4.69) is 25.8 Å². The minimum atomic E-state index is 0.143. The lowest BCUT2D eigenvalue weighted by atomic mass is 10.2. The van der Waals surface area contributed by atoms with Crippen LogP contribution in [0.25, 0.3) is 0 Å². The molecule has 1 amide bonds. The van der Waals surface area contributed by atoms with E-state index in [0.29, 0.717) is 0 Å². The average Bonchev–Trinajstić information content (AvgIpc) is 3.15. The molecule has 0 radical (unpaired) electrons. The molecule has 0 N–H and O–H groups in total. The maximum Gasteiger partial charge on any atom is 0.254 e. The molecule has 4 heterocycles. The van der Waals surface area contributed by atoms with Crippen LogP contribution in [-0.2, 0) is 6.54 Å². The van der Waals surface area contributed by atoms with Crippen molar-refractivity contribution in [3.63, 3.8) is 0 Å². The number of carbonyl (C=O) groups excluding carboxylic acids is 1. The lowest BCUT2D eigenvalue weighted by Crippen LogP contribution is -2.31. The Labute approximate surface area is 160 Å². The van der Waals surface area contributed by atoms with Crippen molar-refractivity contribution in [2.75, 3.05) is 44.2 Å². The molecule has 0 saturated carbocycles. The molecular weight excluding hydrogens is 338 g/mol. The zero-order chi connectivity index (χ0) is 18.5. The van der Waals surface area contributed by atoms with Crippen LogP contribution in [0.3, 0.4) is 0 Å². The molecule has 2 aliphatic heterocycles. The Morgan fingerprint density at radius 2 is 1.85 bits per heavy atom. The molecule has 0 aliphatic carbocycles. The molecule has 2 aliphatic rings. The third-order valence-corrected chi connectivity index (χ3v) is 5.43. The van der Waals surface area contributed by atoms with Crippen molar-refractivity contribution in [2.24, 2.45) is 0 Å². The highest BCUT2D eigenvalue weighted by Gasteiger charge is 2.21. The van der Waals surface area contributed by atoms with E-state index in [-0.39, 0.29) is 5.91 Å². The van der Waals surface area contributed by atoms with Crippen LogP contribution < -0.4 is 4.90 Å². The highest BCUT2D eigenvalue weighted by atomic mass is 16.2. The van der Waals surface area contributed by atoms with E-state index in [0.717, 1.165) is 76.5 Å². The summed E-state index contributed by atoms with van der Waals surface area (Å²) in [4.78, 5) is 28.2. The highest BCUT2D eigenvalue weighted by molar-refractivity contribution is 5.95. The molecule has 0 atom stereocenters. The van der Waals surface area contributed by atoms with E-state index < -0.39 is 0 Å². The predicted molar refractivity (Wildman–Crippen MR) is 106 cm³/mol. The van der Waals surface area contributed by atoms with E-state index in [1.54, 1.807) is 6.20 Å². The molecule has 2 saturated heterocycles. The van der Waals surface area contributed by atoms with Gasteiger partial charge in [-0.2, -0.15) is 0 Å². The number of likely N-dealkylation sites (tertiary alicyclic amines) is 1. The van der Waals surface area contributed by atoms with Gasteiger partial charge in [0.2, 0.25) is 0 Å². The zero-order valence-corrected chi connectivity index (χ0v) is 15.8. The Hall–Kier alpha value is -2.47. The van der Waals surface area contributed by atoms with Gasteiger partial charge in [0.25, 0.3) is 5.91 Å². The van der Waals surface area contributed by atoms with Crippen LogP contribution in [-0.4, -0.2) is 64.9 Å². The van der Waals surface area contributed by atoms with Crippen LogP contribution in [0.15, 0.2) is 42.9 Å². The van der Waals surface area contributed by atoms with Gasteiger partial charge in [0.05, 0.1) is 0 Å². The van der Waals surface area contributed by atoms with Gasteiger partial charge in [-0.1, -0.05) is 6.07 Å². The summed E-state index contributed by atoms with van der Waals surface area (Å²) in [5.41, 5.74) is 2.01. The maximum absolute atomic E-state index is 12.7. The van der Waals surface area contributed by atoms with Crippen molar-refractivity contribution in [3.8, 4) is 0 Å². The number of pyridine rings is 2. The van der Waals surface area contributed by atoms with E-state index in [1.165, 1.54) is 5.56 Å². The Balaban J connectivity index is 1.40. The van der Waals surface area contributed by atoms with Gasteiger partial charge in [-0.3, -0.25) is 14.7 Å². The van der Waals surface area contributed by atoms with Gasteiger partial charge in [-0.25, -0.2) is 4.98 Å². The fraction of sp³-hybridized carbons (Fsp3) is 0.476. The Kier molecular flexibility index (Phi) is 5.63. The highest BCUT2D eigenvalue weighted by Crippen LogP contribution is 2.19. The summed E-state index contributed by atoms with van der Waals surface area (Å²) in [7, 11) is 0. The molecule has 27 heavy (non-hydrogen) atoms. The normalized spacial score (nSPS) is 18.5. The minimum absolute atomic E-state index is 0.143. The van der Waals surface area contributed by atoms with Gasteiger partial charge in [-0.05, 0) is 43.0 Å². The molecule has 0 unspecified atom stereocenters. The van der Waals surface area contributed by atoms with Gasteiger partial charge >= 0.3 is 0 Å². The van der Waals surface area contributed by atoms with Crippen molar-refractivity contribution in [3.05, 3.63) is 54.0 Å². The summed E-state index contributed by atoms with van der Waals surface area (Å²) in [5.74, 6) is 1.06. The van der Waals surface area contributed by atoms with E-state index >= 15 is 0 Å². The first-order valence-electron chi connectivity index (χ1n) is 9.91. The number of carbonyl (C=O) groups is 1. The molecule has 2 aromatic rings. The predicted octanol–water partition coefficient (Wildman–Crippen LogP) is 2.42. The second-order valence-corrected chi connectivity index (χ2v) is 7.38. The summed E-state index contributed by atoms with van der Waals surface area (Å²) in [6, 6.07) is 7.94. The fourth-order valence-corrected chi connectivity index (χ4v) is 3.94. The van der Waals surface area contributed by atoms with E-state index in [9.17, 15) is 4.79 Å². The van der Waals surface area contributed by atoms with Crippen molar-refractivity contribution in [1.82, 2.24) is 19.8 Å². The van der Waals surface area contributed by atoms with E-state index in [4.69, 9.17) is 0 Å². The SMILES string of the molecule is O=C(c1ccnc(N2CCCN(Cc3cccnc3)CC2)c1)N1CCCC1. The average molecular weight is 365 g/mol. The molecule has 6 heteroatoms. The van der Waals surface area contributed by atoms with Gasteiger partial charge in [0, 0.05) is 70.0 Å². The maximum atomic E-state index is 12.7. The fourth-order valence-electron chi connectivity index (χ4n) is 3.94. The second kappa shape index (κ2) is 8.48. The third-order valence-electron chi connectivity index (χ3n) is 5.43. The van der Waals surface area contributed by atoms with Crippen LogP contribution >= 0.6 is 0 Å². The number of amides is 1. The Bertz CT molecular complexity index is 760. The number of aromatic nitrogens is 2. The number of anilines is 1. The Morgan fingerprint density at radius 1 is 0.963 bits per heavy atom. The molecular formula is C21H27N5O. The number of hydrogen-bond donors (Lipinski definition) is 0. The number of nitrogens with zero attached hydrogens (tertiary/aromatic N) is 5. The molecule has 2 aromatic heterocycles. The number of rotatable bonds is 4. The van der Waals surface area contributed by atoms with E-state index in [1.807, 2.05) is 35.5 Å². The van der Waals surface area contributed by atoms with Crippen LogP contribution in [0.1, 0.15) is 35.2 Å². The standard InChI is InChI=1S/C21H27N5O/c27-21(26-10-1-2-11-26)19-6-8-23-20(15-19)25-12-4-9-24(13-14-25)17-18-5-3-7-22-16-18/h3,5-8,15-16H,1-2,4,9-14,17H2. The van der Waals surface area contributed by atoms with Crippen LogP contribution in [0.2, 0.25) is 0 Å². The Morgan fingerprint density at radius 3 is 2.67 bits per heavy atom. The summed E-state index contributed by atoms with van der Waals surface area (Å²) in [5, 5.41) is 0. The minimum Gasteiger partial charge on any atom is -0.355 e. The molecule has 4 rings (SSSR count). The smallest absolute Gasteiger partial charge is 0.254 e. The largest absolute Gasteiger partial charge is 0.355 e. The molecule has 0 spiro atoms. The van der Waals surface area contributed by atoms with Gasteiger partial charge in [0.15, 0.2) is 0 Å². The van der Waals surface area contributed by atoms with Crippen LogP contribution in [0.5, 0.6) is 0 Å². The molecule has 6 nitrogen and oxygen atoms in total. The zero-order valence-electron chi connectivity index (χ0n) is 15.8. The molecule has 2 fully saturated rings. The second-order valence-electron chi connectivity index (χ2n) is 7.38. The monoisotopic (exact) mass is 365 g/mol. The lowest BCUT2D eigenvalue weighted by Gasteiger charge is -2.23. The molecule has 142 valence electrons. The van der Waals surface area contributed by atoms with Gasteiger partial charge in [-0.15, -0.1) is 0 Å². The number of hydrogen-bond acceptors (Lipinski definition) is 5. The van der Waals surface area contributed by atoms with Crippen LogP contribution in [0.4, 0.5) is 5.82 Å². The summed E-state index contributed by atoms with van der Waals surface area (Å²) < 4.78 is 0. The van der Waals surface area contributed by atoms with Crippen molar-refractivity contribution in [1.29, 1.82) is 0 Å². The first-order chi connectivity index (χ1) is 13.3. The summed E-state index contributed by atoms with van der Waals surface area (Å²) in [6.07, 6.45) is 8.85. The molecule has 0 aromatic carbocycles. The van der Waals surface area contributed by atoms with Gasteiger partial charge < -0.3 is 9.80 Å². The molecule has 0 bridgehead atoms. The van der Waals surface area contributed by atoms with Crippen molar-refractivity contribution in [2.45, 2.75) is 25.8 Å². The summed E-state index contributed by atoms with van der Waals surface area (Å²) >= 11 is 0. The van der Waals surface area contributed by atoms with Crippen molar-refractivity contribution >= 4 is 11.7 Å². The van der Waals surface area contributed by atoms with Crippen LogP contribution in [0, 0.1) is 0 Å². The summed E-state index contributed by atoms with van der Waals surface area (Å²) in [6.45, 7) is 6.64. The lowest BCUT2D eigenvalue weighted by molar-refractivity contribution is 0.0792. The van der Waals surface area contributed by atoms with Crippen molar-refractivity contribution < 1.29 is 4.79 Å².